The summed E-state index contributed by atoms with van der Waals surface area (Å²) in [7, 11) is 6.64. The molecule has 0 bridgehead atoms. The fraction of sp³-hybridized carbons (Fsp3) is 0.488. The molecule has 4 nitrogen and oxygen atoms in total. The predicted molar refractivity (Wildman–Crippen MR) is 200 cm³/mol. The van der Waals surface area contributed by atoms with E-state index in [9.17, 15) is 0 Å². The molecule has 7 rings (SSSR count). The molecule has 47 heavy (non-hydrogen) atoms. The van der Waals surface area contributed by atoms with Gasteiger partial charge in [0.25, 0.3) is 0 Å². The molecule has 2 fully saturated rings. The summed E-state index contributed by atoms with van der Waals surface area (Å²) in [6, 6.07) is 11.7. The lowest BCUT2D eigenvalue weighted by atomic mass is 9.33. The van der Waals surface area contributed by atoms with Crippen molar-refractivity contribution >= 4 is 11.3 Å². The van der Waals surface area contributed by atoms with Gasteiger partial charge in [-0.3, -0.25) is 4.90 Å². The smallest absolute Gasteiger partial charge is 0.0406 e. The number of anilines is 1. The van der Waals surface area contributed by atoms with Crippen LogP contribution in [0.5, 0.6) is 0 Å². The van der Waals surface area contributed by atoms with Crippen LogP contribution in [-0.2, 0) is 13.0 Å². The number of likely N-dealkylation sites (N-methyl/N-ethyl adjacent to an activating group) is 1. The Kier molecular flexibility index (Phi) is 7.43. The van der Waals surface area contributed by atoms with Crippen LogP contribution in [0.25, 0.3) is 16.7 Å². The number of hydrogen-bond donors (Lipinski definition) is 1. The van der Waals surface area contributed by atoms with Gasteiger partial charge in [0.1, 0.15) is 0 Å². The van der Waals surface area contributed by atoms with Gasteiger partial charge >= 0.3 is 0 Å². The van der Waals surface area contributed by atoms with Gasteiger partial charge in [0.05, 0.1) is 0 Å². The highest BCUT2D eigenvalue weighted by Crippen LogP contribution is 2.77. The zero-order valence-corrected chi connectivity index (χ0v) is 30.4. The van der Waals surface area contributed by atoms with E-state index >= 15 is 0 Å². The Labute approximate surface area is 284 Å². The van der Waals surface area contributed by atoms with Crippen LogP contribution < -0.4 is 10.6 Å². The molecule has 0 unspecified atom stereocenters. The van der Waals surface area contributed by atoms with Crippen molar-refractivity contribution < 1.29 is 0 Å². The van der Waals surface area contributed by atoms with Crippen LogP contribution in [0.1, 0.15) is 69.2 Å². The Bertz CT molecular complexity index is 1800. The molecule has 1 saturated heterocycles. The first kappa shape index (κ1) is 32.2. The van der Waals surface area contributed by atoms with Gasteiger partial charge < -0.3 is 15.5 Å². The summed E-state index contributed by atoms with van der Waals surface area (Å²) in [5, 5.41) is 0. The van der Waals surface area contributed by atoms with Gasteiger partial charge in [0, 0.05) is 63.6 Å². The summed E-state index contributed by atoms with van der Waals surface area (Å²) in [6.07, 6.45) is 4.63. The second kappa shape index (κ2) is 10.8. The Hall–Kier alpha value is -3.34. The highest BCUT2D eigenvalue weighted by Gasteiger charge is 2.68. The monoisotopic (exact) mass is 628 g/mol. The third-order valence-electron chi connectivity index (χ3n) is 13.7. The van der Waals surface area contributed by atoms with Crippen molar-refractivity contribution in [1.29, 1.82) is 0 Å². The summed E-state index contributed by atoms with van der Waals surface area (Å²) in [5.74, 6) is 0.520. The second-order valence-electron chi connectivity index (χ2n) is 16.4. The normalized spacial score (nSPS) is 30.8. The molecule has 4 heteroatoms. The van der Waals surface area contributed by atoms with E-state index in [2.05, 4.69) is 107 Å². The van der Waals surface area contributed by atoms with Gasteiger partial charge in [0.2, 0.25) is 0 Å². The molecule has 4 aliphatic carbocycles. The van der Waals surface area contributed by atoms with E-state index in [1.807, 2.05) is 0 Å². The van der Waals surface area contributed by atoms with Gasteiger partial charge in [-0.25, -0.2) is 0 Å². The molecule has 2 aromatic rings. The van der Waals surface area contributed by atoms with E-state index < -0.39 is 0 Å². The van der Waals surface area contributed by atoms with E-state index in [0.717, 1.165) is 51.1 Å². The van der Waals surface area contributed by atoms with Crippen LogP contribution in [-0.4, -0.2) is 57.1 Å². The van der Waals surface area contributed by atoms with Crippen LogP contribution in [0, 0.1) is 29.1 Å². The minimum Gasteiger partial charge on any atom is -0.399 e. The van der Waals surface area contributed by atoms with Crippen molar-refractivity contribution in [2.24, 2.45) is 27.9 Å². The molecule has 0 radical (unpaired) electrons. The number of allylic oxidation sites excluding steroid dienone is 5. The molecule has 1 saturated carbocycles. The molecule has 4 atom stereocenters. The Morgan fingerprint density at radius 3 is 2.36 bits per heavy atom. The number of hydrogen-bond acceptors (Lipinski definition) is 4. The number of piperazine rings is 1. The maximum atomic E-state index is 6.50. The molecule has 1 spiro atoms. The van der Waals surface area contributed by atoms with Crippen molar-refractivity contribution in [2.75, 3.05) is 52.2 Å². The van der Waals surface area contributed by atoms with E-state index in [1.54, 1.807) is 0 Å². The maximum absolute atomic E-state index is 6.50. The quantitative estimate of drug-likeness (QED) is 0.360. The highest BCUT2D eigenvalue weighted by atomic mass is 15.2. The molecule has 5 aliphatic rings. The lowest BCUT2D eigenvalue weighted by molar-refractivity contribution is -0.0847. The summed E-state index contributed by atoms with van der Waals surface area (Å²) in [4.78, 5) is 7.35. The van der Waals surface area contributed by atoms with Crippen LogP contribution in [0.15, 0.2) is 83.6 Å². The summed E-state index contributed by atoms with van der Waals surface area (Å²) >= 11 is 0. The van der Waals surface area contributed by atoms with Crippen LogP contribution in [0.2, 0.25) is 0 Å². The molecule has 0 amide bonds. The fourth-order valence-electron chi connectivity index (χ4n) is 11.2. The minimum absolute atomic E-state index is 0.00524. The first-order valence-electron chi connectivity index (χ1n) is 17.8. The van der Waals surface area contributed by atoms with Crippen LogP contribution in [0.3, 0.4) is 0 Å². The van der Waals surface area contributed by atoms with Crippen LogP contribution in [0.4, 0.5) is 5.69 Å². The number of nitrogens with zero attached hydrogens (tertiary/aromatic N) is 3. The molecule has 248 valence electrons. The Morgan fingerprint density at radius 1 is 1.04 bits per heavy atom. The van der Waals surface area contributed by atoms with Crippen molar-refractivity contribution in [1.82, 2.24) is 9.80 Å². The molecule has 1 heterocycles. The largest absolute Gasteiger partial charge is 0.399 e. The zero-order valence-electron chi connectivity index (χ0n) is 30.4. The molecule has 2 N–H and O–H groups in total. The molecule has 2 aromatic carbocycles. The topological polar surface area (TPSA) is 35.7 Å². The lowest BCUT2D eigenvalue weighted by Gasteiger charge is -2.70. The lowest BCUT2D eigenvalue weighted by Crippen LogP contribution is -2.62. The number of nitrogens with two attached hydrogens (primary N) is 1. The van der Waals surface area contributed by atoms with E-state index in [0.29, 0.717) is 11.6 Å². The van der Waals surface area contributed by atoms with Crippen molar-refractivity contribution in [3.8, 4) is 11.1 Å². The first-order chi connectivity index (χ1) is 22.1. The van der Waals surface area contributed by atoms with E-state index in [4.69, 9.17) is 18.9 Å². The maximum Gasteiger partial charge on any atom is 0.0406 e. The third-order valence-corrected chi connectivity index (χ3v) is 13.7. The SMILES string of the molecule is C=C(N)C1=C(C)[C@H]2CC[C@]23C[C@]2(C)Cc4c(N(C)C)cc(-c5cccc(CN6CCN(C)CC6)c5)c(C)c4C(=C)C2=C(C)[C@]3(C)C1=C. The third kappa shape index (κ3) is 4.40. The Balaban J connectivity index is 1.36. The summed E-state index contributed by atoms with van der Waals surface area (Å²) in [5.41, 5.74) is 24.5. The highest BCUT2D eigenvalue weighted by molar-refractivity contribution is 5.93. The average molecular weight is 629 g/mol. The molecule has 1 aliphatic heterocycles. The Morgan fingerprint density at radius 2 is 1.74 bits per heavy atom. The van der Waals surface area contributed by atoms with Gasteiger partial charge in [-0.15, -0.1) is 0 Å². The summed E-state index contributed by atoms with van der Waals surface area (Å²) < 4.78 is 0. The summed E-state index contributed by atoms with van der Waals surface area (Å²) in [6.45, 7) is 31.6. The average Bonchev–Trinajstić information content (AvgIpc) is 2.98. The van der Waals surface area contributed by atoms with Crippen molar-refractivity contribution in [2.45, 2.75) is 66.8 Å². The number of fused-ring (bicyclic) bond motifs is 2. The van der Waals surface area contributed by atoms with E-state index in [1.165, 1.54) is 79.8 Å². The van der Waals surface area contributed by atoms with Crippen molar-refractivity contribution in [3.63, 3.8) is 0 Å². The molecular formula is C43H56N4. The number of rotatable bonds is 5. The zero-order chi connectivity index (χ0) is 33.8. The van der Waals surface area contributed by atoms with Gasteiger partial charge in [0.15, 0.2) is 0 Å². The van der Waals surface area contributed by atoms with Gasteiger partial charge in [-0.1, -0.05) is 62.9 Å². The molecular weight excluding hydrogens is 573 g/mol. The standard InChI is InChI=1S/C43H56N4/c1-26-34(33-14-12-13-32(21-33)24-47-19-17-46(11)18-20-47)22-37(45(9)10)35-23-41(7)25-43-16-15-36(43)27(2)39(31(6)44)29(4)42(43,8)30(5)40(41)28(3)38(26)35/h12-14,21-22,36H,3-4,6,15-20,23-25,44H2,1-2,5,7-11H3/t36-,41+,42+,43+/m1/s1. The minimum atomic E-state index is -0.171. The van der Waals surface area contributed by atoms with Gasteiger partial charge in [-0.2, -0.15) is 0 Å². The molecule has 0 aromatic heterocycles. The first-order valence-corrected chi connectivity index (χ1v) is 17.8. The van der Waals surface area contributed by atoms with Crippen LogP contribution >= 0.6 is 0 Å². The van der Waals surface area contributed by atoms with Crippen molar-refractivity contribution in [3.05, 3.63) is 106 Å². The fourth-order valence-corrected chi connectivity index (χ4v) is 11.2. The second-order valence-corrected chi connectivity index (χ2v) is 16.4. The number of benzene rings is 2. The predicted octanol–water partition coefficient (Wildman–Crippen LogP) is 8.53. The van der Waals surface area contributed by atoms with Gasteiger partial charge in [-0.05, 0) is 138 Å². The van der Waals surface area contributed by atoms with E-state index in [-0.39, 0.29) is 16.2 Å².